The van der Waals surface area contributed by atoms with E-state index in [1.54, 1.807) is 4.68 Å². The van der Waals surface area contributed by atoms with E-state index in [4.69, 9.17) is 9.47 Å². The summed E-state index contributed by atoms with van der Waals surface area (Å²) in [5.74, 6) is 0.680. The Labute approximate surface area is 97.7 Å². The van der Waals surface area contributed by atoms with Crippen molar-refractivity contribution >= 4 is 22.6 Å². The van der Waals surface area contributed by atoms with Gasteiger partial charge in [-0.05, 0) is 43.4 Å². The van der Waals surface area contributed by atoms with Crippen LogP contribution < -0.4 is 4.74 Å². The fourth-order valence-electron chi connectivity index (χ4n) is 1.09. The maximum Gasteiger partial charge on any atom is 0.246 e. The molecule has 1 unspecified atom stereocenters. The Morgan fingerprint density at radius 1 is 1.50 bits per heavy atom. The molecule has 0 spiro atoms. The van der Waals surface area contributed by atoms with Crippen molar-refractivity contribution in [1.82, 2.24) is 9.78 Å². The minimum atomic E-state index is -0.0391. The van der Waals surface area contributed by atoms with Gasteiger partial charge in [0, 0.05) is 12.8 Å². The lowest BCUT2D eigenvalue weighted by Gasteiger charge is -2.10. The van der Waals surface area contributed by atoms with Crippen LogP contribution in [0, 0.1) is 3.57 Å². The predicted octanol–water partition coefficient (Wildman–Crippen LogP) is 2.44. The monoisotopic (exact) mass is 310 g/mol. The van der Waals surface area contributed by atoms with Gasteiger partial charge in [0.05, 0.1) is 10.2 Å². The van der Waals surface area contributed by atoms with Crippen LogP contribution in [0.4, 0.5) is 0 Å². The molecule has 0 amide bonds. The van der Waals surface area contributed by atoms with Gasteiger partial charge in [0.2, 0.25) is 5.88 Å². The molecule has 0 fully saturated rings. The third kappa shape index (κ3) is 2.84. The molecule has 1 aromatic rings. The third-order valence-electron chi connectivity index (χ3n) is 1.72. The fraction of sp³-hybridized carbons (Fsp3) is 0.667. The number of nitrogens with zero attached hydrogens (tertiary/aromatic N) is 2. The highest BCUT2D eigenvalue weighted by Gasteiger charge is 2.11. The van der Waals surface area contributed by atoms with E-state index >= 15 is 0 Å². The molecule has 0 radical (unpaired) electrons. The summed E-state index contributed by atoms with van der Waals surface area (Å²) in [5, 5.41) is 4.28. The maximum atomic E-state index is 5.42. The van der Waals surface area contributed by atoms with Crippen LogP contribution in [0.5, 0.6) is 5.88 Å². The quantitative estimate of drug-likeness (QED) is 0.784. The van der Waals surface area contributed by atoms with E-state index in [9.17, 15) is 0 Å². The normalized spacial score (nSPS) is 12.9. The third-order valence-corrected chi connectivity index (χ3v) is 2.46. The molecule has 0 aliphatic rings. The molecule has 14 heavy (non-hydrogen) atoms. The topological polar surface area (TPSA) is 36.3 Å². The average molecular weight is 310 g/mol. The Balaban J connectivity index is 2.74. The summed E-state index contributed by atoms with van der Waals surface area (Å²) in [7, 11) is 0. The van der Waals surface area contributed by atoms with Crippen molar-refractivity contribution in [2.45, 2.75) is 27.0 Å². The van der Waals surface area contributed by atoms with Crippen LogP contribution in [-0.2, 0) is 4.74 Å². The van der Waals surface area contributed by atoms with Gasteiger partial charge in [0.1, 0.15) is 6.23 Å². The van der Waals surface area contributed by atoms with Crippen LogP contribution in [-0.4, -0.2) is 23.0 Å². The summed E-state index contributed by atoms with van der Waals surface area (Å²) in [6, 6.07) is 0. The lowest BCUT2D eigenvalue weighted by Crippen LogP contribution is -2.09. The number of ether oxygens (including phenoxy) is 2. The van der Waals surface area contributed by atoms with E-state index < -0.39 is 0 Å². The molecule has 1 atom stereocenters. The van der Waals surface area contributed by atoms with Crippen molar-refractivity contribution in [3.8, 4) is 5.88 Å². The fourth-order valence-corrected chi connectivity index (χ4v) is 1.64. The zero-order valence-electron chi connectivity index (χ0n) is 8.66. The molecule has 0 saturated carbocycles. The second kappa shape index (κ2) is 5.55. The largest absolute Gasteiger partial charge is 0.476 e. The van der Waals surface area contributed by atoms with Gasteiger partial charge in [-0.2, -0.15) is 0 Å². The SMILES string of the molecule is CCOc1nn(C(C)OCC)cc1I. The molecule has 4 nitrogen and oxygen atoms in total. The number of rotatable bonds is 5. The minimum absolute atomic E-state index is 0.0391. The first-order valence-corrected chi connectivity index (χ1v) is 5.76. The van der Waals surface area contributed by atoms with E-state index in [2.05, 4.69) is 27.7 Å². The number of aromatic nitrogens is 2. The molecule has 5 heteroatoms. The predicted molar refractivity (Wildman–Crippen MR) is 62.5 cm³/mol. The molecule has 1 rings (SSSR count). The van der Waals surface area contributed by atoms with Gasteiger partial charge < -0.3 is 9.47 Å². The van der Waals surface area contributed by atoms with E-state index in [0.29, 0.717) is 19.1 Å². The number of hydrogen-bond acceptors (Lipinski definition) is 3. The van der Waals surface area contributed by atoms with Crippen molar-refractivity contribution < 1.29 is 9.47 Å². The van der Waals surface area contributed by atoms with Crippen molar-refractivity contribution in [2.75, 3.05) is 13.2 Å². The Morgan fingerprint density at radius 3 is 2.79 bits per heavy atom. The van der Waals surface area contributed by atoms with Crippen LogP contribution in [0.1, 0.15) is 27.0 Å². The summed E-state index contributed by atoms with van der Waals surface area (Å²) < 4.78 is 13.6. The molecular weight excluding hydrogens is 295 g/mol. The molecular formula is C9H15IN2O2. The first-order chi connectivity index (χ1) is 6.69. The van der Waals surface area contributed by atoms with Gasteiger partial charge in [-0.25, -0.2) is 4.68 Å². The van der Waals surface area contributed by atoms with E-state index in [1.165, 1.54) is 0 Å². The van der Waals surface area contributed by atoms with Crippen LogP contribution in [0.3, 0.4) is 0 Å². The van der Waals surface area contributed by atoms with E-state index in [1.807, 2.05) is 27.0 Å². The van der Waals surface area contributed by atoms with Crippen molar-refractivity contribution in [3.63, 3.8) is 0 Å². The van der Waals surface area contributed by atoms with Gasteiger partial charge in [-0.15, -0.1) is 5.10 Å². The second-order valence-electron chi connectivity index (χ2n) is 2.75. The van der Waals surface area contributed by atoms with Crippen molar-refractivity contribution in [1.29, 1.82) is 0 Å². The summed E-state index contributed by atoms with van der Waals surface area (Å²) in [5.41, 5.74) is 0. The maximum absolute atomic E-state index is 5.42. The first kappa shape index (κ1) is 11.8. The average Bonchev–Trinajstić information content (AvgIpc) is 2.49. The zero-order chi connectivity index (χ0) is 10.6. The van der Waals surface area contributed by atoms with E-state index in [0.717, 1.165) is 3.57 Å². The Hall–Kier alpha value is -0.300. The Kier molecular flexibility index (Phi) is 4.67. The highest BCUT2D eigenvalue weighted by Crippen LogP contribution is 2.20. The summed E-state index contributed by atoms with van der Waals surface area (Å²) in [6.45, 7) is 7.19. The van der Waals surface area contributed by atoms with Crippen molar-refractivity contribution in [2.24, 2.45) is 0 Å². The molecule has 0 aliphatic heterocycles. The lowest BCUT2D eigenvalue weighted by atomic mass is 10.6. The molecule has 0 N–H and O–H groups in total. The van der Waals surface area contributed by atoms with Crippen molar-refractivity contribution in [3.05, 3.63) is 9.77 Å². The van der Waals surface area contributed by atoms with Crippen LogP contribution in [0.2, 0.25) is 0 Å². The molecule has 0 aliphatic carbocycles. The Morgan fingerprint density at radius 2 is 2.21 bits per heavy atom. The smallest absolute Gasteiger partial charge is 0.246 e. The van der Waals surface area contributed by atoms with Gasteiger partial charge in [0.25, 0.3) is 0 Å². The highest BCUT2D eigenvalue weighted by atomic mass is 127. The number of hydrogen-bond donors (Lipinski definition) is 0. The standard InChI is InChI=1S/C9H15IN2O2/c1-4-13-7(3)12-6-8(10)9(11-12)14-5-2/h6-7H,4-5H2,1-3H3. The summed E-state index contributed by atoms with van der Waals surface area (Å²) in [4.78, 5) is 0. The first-order valence-electron chi connectivity index (χ1n) is 4.68. The Bertz CT molecular complexity index is 288. The van der Waals surface area contributed by atoms with E-state index in [-0.39, 0.29) is 6.23 Å². The number of halogens is 1. The second-order valence-corrected chi connectivity index (χ2v) is 3.91. The molecule has 1 heterocycles. The molecule has 0 saturated heterocycles. The van der Waals surface area contributed by atoms with Gasteiger partial charge in [0.15, 0.2) is 0 Å². The van der Waals surface area contributed by atoms with Gasteiger partial charge >= 0.3 is 0 Å². The molecule has 0 bridgehead atoms. The van der Waals surface area contributed by atoms with Gasteiger partial charge in [-0.1, -0.05) is 0 Å². The lowest BCUT2D eigenvalue weighted by molar-refractivity contribution is 0.0151. The van der Waals surface area contributed by atoms with Crippen LogP contribution in [0.25, 0.3) is 0 Å². The minimum Gasteiger partial charge on any atom is -0.476 e. The zero-order valence-corrected chi connectivity index (χ0v) is 10.8. The van der Waals surface area contributed by atoms with Crippen LogP contribution >= 0.6 is 22.6 Å². The van der Waals surface area contributed by atoms with Gasteiger partial charge in [-0.3, -0.25) is 0 Å². The summed E-state index contributed by atoms with van der Waals surface area (Å²) >= 11 is 2.20. The molecule has 0 aromatic carbocycles. The molecule has 80 valence electrons. The summed E-state index contributed by atoms with van der Waals surface area (Å²) in [6.07, 6.45) is 1.88. The van der Waals surface area contributed by atoms with Crippen LogP contribution in [0.15, 0.2) is 6.20 Å². The molecule has 1 aromatic heterocycles. The highest BCUT2D eigenvalue weighted by molar-refractivity contribution is 14.1.